The summed E-state index contributed by atoms with van der Waals surface area (Å²) in [5.41, 5.74) is 1.06. The van der Waals surface area contributed by atoms with Gasteiger partial charge in [0.05, 0.1) is 18.8 Å². The van der Waals surface area contributed by atoms with E-state index in [1.165, 1.54) is 0 Å². The van der Waals surface area contributed by atoms with Crippen LogP contribution < -0.4 is 9.47 Å². The summed E-state index contributed by atoms with van der Waals surface area (Å²) in [7, 11) is 0. The van der Waals surface area contributed by atoms with E-state index in [1.54, 1.807) is 48.7 Å². The zero-order valence-corrected chi connectivity index (χ0v) is 24.2. The van der Waals surface area contributed by atoms with E-state index in [1.807, 2.05) is 27.7 Å². The van der Waals surface area contributed by atoms with Crippen molar-refractivity contribution in [3.8, 4) is 17.2 Å². The van der Waals surface area contributed by atoms with Crippen LogP contribution in [-0.4, -0.2) is 71.4 Å². The Kier molecular flexibility index (Phi) is 11.7. The summed E-state index contributed by atoms with van der Waals surface area (Å²) in [5.74, 6) is 0.333. The molecule has 0 spiro atoms. The van der Waals surface area contributed by atoms with E-state index < -0.39 is 0 Å². The molecule has 2 aromatic rings. The van der Waals surface area contributed by atoms with Crippen LogP contribution in [0.4, 0.5) is 0 Å². The molecule has 1 fully saturated rings. The van der Waals surface area contributed by atoms with Gasteiger partial charge in [0.15, 0.2) is 23.1 Å². The maximum absolute atomic E-state index is 13.2. The Hall–Kier alpha value is -3.03. The third-order valence-corrected chi connectivity index (χ3v) is 7.36. The third kappa shape index (κ3) is 8.73. The third-order valence-electron chi connectivity index (χ3n) is 7.11. The van der Waals surface area contributed by atoms with Crippen LogP contribution in [0.5, 0.6) is 17.2 Å². The highest BCUT2D eigenvalue weighted by Gasteiger charge is 2.21. The first kappa shape index (κ1) is 30.5. The van der Waals surface area contributed by atoms with E-state index in [9.17, 15) is 14.7 Å². The minimum atomic E-state index is -0.195. The summed E-state index contributed by atoms with van der Waals surface area (Å²) in [6.45, 7) is 11.3. The fourth-order valence-electron chi connectivity index (χ4n) is 4.44. The number of hydrogen-bond donors (Lipinski definition) is 1. The maximum atomic E-state index is 13.2. The Morgan fingerprint density at radius 3 is 1.87 bits per heavy atom. The van der Waals surface area contributed by atoms with Gasteiger partial charge >= 0.3 is 0 Å². The summed E-state index contributed by atoms with van der Waals surface area (Å²) in [6, 6.07) is 10.2. The highest BCUT2D eigenvalue weighted by molar-refractivity contribution is 6.30. The molecule has 212 valence electrons. The van der Waals surface area contributed by atoms with Gasteiger partial charge in [0, 0.05) is 54.6 Å². The monoisotopic (exact) mass is 556 g/mol. The molecule has 39 heavy (non-hydrogen) atoms. The minimum Gasteiger partial charge on any atom is -0.502 e. The molecule has 2 aromatic carbocycles. The average Bonchev–Trinajstić information content (AvgIpc) is 2.95. The summed E-state index contributed by atoms with van der Waals surface area (Å²) in [4.78, 5) is 29.9. The second kappa shape index (κ2) is 14.9. The van der Waals surface area contributed by atoms with Gasteiger partial charge in [-0.15, -0.1) is 0 Å². The molecule has 0 bridgehead atoms. The van der Waals surface area contributed by atoms with Crippen LogP contribution in [0.2, 0.25) is 5.02 Å². The molecule has 0 atom stereocenters. The fraction of sp³-hybridized carbons (Fsp3) is 0.484. The van der Waals surface area contributed by atoms with Crippen LogP contribution in [-0.2, 0) is 0 Å². The molecule has 7 nitrogen and oxygen atoms in total. The quantitative estimate of drug-likeness (QED) is 0.214. The fourth-order valence-corrected chi connectivity index (χ4v) is 4.57. The van der Waals surface area contributed by atoms with Crippen LogP contribution >= 0.6 is 11.6 Å². The molecular weight excluding hydrogens is 516 g/mol. The zero-order valence-electron chi connectivity index (χ0n) is 23.5. The predicted molar refractivity (Wildman–Crippen MR) is 155 cm³/mol. The van der Waals surface area contributed by atoms with Gasteiger partial charge in [-0.3, -0.25) is 14.5 Å². The van der Waals surface area contributed by atoms with Crippen molar-refractivity contribution in [1.29, 1.82) is 0 Å². The van der Waals surface area contributed by atoms with E-state index in [4.69, 9.17) is 21.1 Å². The van der Waals surface area contributed by atoms with Crippen molar-refractivity contribution < 1.29 is 24.2 Å². The number of rotatable bonds is 14. The van der Waals surface area contributed by atoms with Crippen LogP contribution in [0.15, 0.2) is 48.7 Å². The number of benzene rings is 2. The van der Waals surface area contributed by atoms with Crippen molar-refractivity contribution in [1.82, 2.24) is 9.80 Å². The van der Waals surface area contributed by atoms with Gasteiger partial charge in [-0.25, -0.2) is 0 Å². The van der Waals surface area contributed by atoms with Gasteiger partial charge in [0.2, 0.25) is 5.75 Å². The maximum Gasteiger partial charge on any atom is 0.200 e. The number of nitrogens with zero attached hydrogens (tertiary/aromatic N) is 2. The van der Waals surface area contributed by atoms with Gasteiger partial charge in [0.25, 0.3) is 0 Å². The summed E-state index contributed by atoms with van der Waals surface area (Å²) < 4.78 is 12.1. The first-order chi connectivity index (χ1) is 18.8. The van der Waals surface area contributed by atoms with Crippen LogP contribution in [0.25, 0.3) is 0 Å². The standard InChI is InChI=1S/C31H41ClN2O5/c1-5-25(6-2)38-29-19-23(20-30(31(29)37)39-26(7-3)8-4)27(35)13-14-33-15-17-34(18-16-33)21-28(36)22-9-11-24(32)12-10-22/h9-14,19-20,25-26,37H,5-8,15-18,21H2,1-4H3. The number of phenols is 1. The molecule has 0 aliphatic carbocycles. The first-order valence-corrected chi connectivity index (χ1v) is 14.3. The number of carbonyl (C=O) groups excluding carboxylic acids is 2. The number of carbonyl (C=O) groups is 2. The van der Waals surface area contributed by atoms with Gasteiger partial charge in [-0.2, -0.15) is 0 Å². The van der Waals surface area contributed by atoms with Crippen LogP contribution in [0.1, 0.15) is 74.1 Å². The molecule has 0 saturated carbocycles. The van der Waals surface area contributed by atoms with Gasteiger partial charge in [0.1, 0.15) is 0 Å². The van der Waals surface area contributed by atoms with Gasteiger partial charge in [-0.1, -0.05) is 39.3 Å². The number of ether oxygens (including phenoxy) is 2. The molecule has 1 N–H and O–H groups in total. The van der Waals surface area contributed by atoms with Crippen molar-refractivity contribution in [3.05, 3.63) is 64.8 Å². The van der Waals surface area contributed by atoms with Crippen LogP contribution in [0.3, 0.4) is 0 Å². The second-order valence-corrected chi connectivity index (χ2v) is 10.3. The first-order valence-electron chi connectivity index (χ1n) is 14.0. The lowest BCUT2D eigenvalue weighted by Crippen LogP contribution is -2.45. The molecule has 1 aliphatic rings. The smallest absolute Gasteiger partial charge is 0.200 e. The SMILES string of the molecule is CCC(CC)Oc1cc(C(=O)C=CN2CCN(CC(=O)c3ccc(Cl)cc3)CC2)cc(OC(CC)CC)c1O. The molecule has 0 unspecified atom stereocenters. The number of phenolic OH excluding ortho intramolecular Hbond substituents is 1. The van der Waals surface area contributed by atoms with E-state index in [-0.39, 0.29) is 41.0 Å². The van der Waals surface area contributed by atoms with Crippen molar-refractivity contribution in [3.63, 3.8) is 0 Å². The Morgan fingerprint density at radius 1 is 0.872 bits per heavy atom. The number of Topliss-reactive ketones (excluding diaryl/α,β-unsaturated/α-hetero) is 1. The molecule has 0 radical (unpaired) electrons. The molecule has 3 rings (SSSR count). The number of aromatic hydroxyl groups is 1. The van der Waals surface area contributed by atoms with Crippen molar-refractivity contribution in [2.45, 2.75) is 65.6 Å². The summed E-state index contributed by atoms with van der Waals surface area (Å²) >= 11 is 5.92. The molecule has 1 aliphatic heterocycles. The molecule has 8 heteroatoms. The van der Waals surface area contributed by atoms with E-state index in [2.05, 4.69) is 9.80 Å². The highest BCUT2D eigenvalue weighted by atomic mass is 35.5. The van der Waals surface area contributed by atoms with E-state index in [0.717, 1.165) is 38.8 Å². The topological polar surface area (TPSA) is 79.3 Å². The molecule has 1 heterocycles. The Labute approximate surface area is 237 Å². The summed E-state index contributed by atoms with van der Waals surface area (Å²) in [5, 5.41) is 11.5. The van der Waals surface area contributed by atoms with Gasteiger partial charge in [-0.05, 0) is 62.1 Å². The lowest BCUT2D eigenvalue weighted by atomic mass is 10.1. The van der Waals surface area contributed by atoms with Crippen molar-refractivity contribution >= 4 is 23.2 Å². The van der Waals surface area contributed by atoms with Gasteiger partial charge < -0.3 is 19.5 Å². The van der Waals surface area contributed by atoms with E-state index >= 15 is 0 Å². The number of allylic oxidation sites excluding steroid dienone is 1. The van der Waals surface area contributed by atoms with Crippen molar-refractivity contribution in [2.24, 2.45) is 0 Å². The average molecular weight is 557 g/mol. The lowest BCUT2D eigenvalue weighted by Gasteiger charge is -2.33. The zero-order chi connectivity index (χ0) is 28.4. The summed E-state index contributed by atoms with van der Waals surface area (Å²) in [6.07, 6.45) is 6.35. The minimum absolute atomic E-state index is 0.0657. The number of hydrogen-bond acceptors (Lipinski definition) is 7. The Morgan fingerprint density at radius 2 is 1.38 bits per heavy atom. The van der Waals surface area contributed by atoms with Crippen LogP contribution in [0, 0.1) is 0 Å². The number of halogens is 1. The molecule has 0 aromatic heterocycles. The predicted octanol–water partition coefficient (Wildman–Crippen LogP) is 6.38. The number of ketones is 2. The second-order valence-electron chi connectivity index (χ2n) is 9.86. The Balaban J connectivity index is 1.65. The lowest BCUT2D eigenvalue weighted by molar-refractivity contribution is 0.0888. The highest BCUT2D eigenvalue weighted by Crippen LogP contribution is 2.39. The largest absolute Gasteiger partial charge is 0.502 e. The normalized spacial score (nSPS) is 14.4. The van der Waals surface area contributed by atoms with Crippen molar-refractivity contribution in [2.75, 3.05) is 32.7 Å². The molecule has 0 amide bonds. The molecule has 1 saturated heterocycles. The Bertz CT molecular complexity index is 1080. The number of piperazine rings is 1. The molecular formula is C31H41ClN2O5. The van der Waals surface area contributed by atoms with E-state index in [0.29, 0.717) is 35.8 Å².